The van der Waals surface area contributed by atoms with Gasteiger partial charge in [-0.25, -0.2) is 0 Å². The van der Waals surface area contributed by atoms with Crippen molar-refractivity contribution >= 4 is 17.7 Å². The SMILES string of the molecule is COC(=O)[C@@H]1CC[C@H]2CCc3cc(N=[N+]=[N-])ncc3C(=O)N2C1. The Morgan fingerprint density at radius 1 is 1.48 bits per heavy atom. The van der Waals surface area contributed by atoms with Gasteiger partial charge in [0.1, 0.15) is 5.82 Å². The number of ether oxygens (including phenoxy) is 1. The molecule has 23 heavy (non-hydrogen) atoms. The standard InChI is InChI=1S/C15H17N5O3/c1-23-15(22)10-3-5-11-4-2-9-6-13(18-19-16)17-7-12(9)14(21)20(11)8-10/h6-7,10-11H,2-5,8H2,1H3/t10-,11-/m1/s1. The largest absolute Gasteiger partial charge is 0.469 e. The number of amides is 1. The molecule has 8 nitrogen and oxygen atoms in total. The predicted molar refractivity (Wildman–Crippen MR) is 80.9 cm³/mol. The van der Waals surface area contributed by atoms with Crippen LogP contribution in [-0.2, 0) is 16.0 Å². The molecule has 0 bridgehead atoms. The van der Waals surface area contributed by atoms with Gasteiger partial charge in [-0.1, -0.05) is 0 Å². The fourth-order valence-corrected chi connectivity index (χ4v) is 3.40. The van der Waals surface area contributed by atoms with Crippen LogP contribution in [0.2, 0.25) is 0 Å². The maximum atomic E-state index is 12.8. The lowest BCUT2D eigenvalue weighted by Gasteiger charge is -2.37. The minimum atomic E-state index is -0.267. The zero-order valence-electron chi connectivity index (χ0n) is 12.8. The highest BCUT2D eigenvalue weighted by atomic mass is 16.5. The highest BCUT2D eigenvalue weighted by Gasteiger charge is 2.37. The molecule has 0 aromatic carbocycles. The van der Waals surface area contributed by atoms with Gasteiger partial charge in [-0.05, 0) is 48.0 Å². The molecule has 1 amide bonds. The van der Waals surface area contributed by atoms with Gasteiger partial charge in [0.25, 0.3) is 5.91 Å². The zero-order valence-corrected chi connectivity index (χ0v) is 12.8. The van der Waals surface area contributed by atoms with Crippen molar-refractivity contribution in [2.75, 3.05) is 13.7 Å². The molecule has 2 aliphatic heterocycles. The summed E-state index contributed by atoms with van der Waals surface area (Å²) in [4.78, 5) is 33.1. The van der Waals surface area contributed by atoms with Crippen molar-refractivity contribution in [1.29, 1.82) is 0 Å². The Bertz CT molecular complexity index is 698. The van der Waals surface area contributed by atoms with E-state index < -0.39 is 0 Å². The van der Waals surface area contributed by atoms with Crippen molar-refractivity contribution in [3.05, 3.63) is 33.8 Å². The molecule has 0 N–H and O–H groups in total. The number of esters is 1. The van der Waals surface area contributed by atoms with E-state index in [0.29, 0.717) is 12.1 Å². The average molecular weight is 315 g/mol. The average Bonchev–Trinajstić information content (AvgIpc) is 2.71. The summed E-state index contributed by atoms with van der Waals surface area (Å²) in [6.45, 7) is 0.383. The summed E-state index contributed by atoms with van der Waals surface area (Å²) < 4.78 is 4.81. The molecule has 120 valence electrons. The van der Waals surface area contributed by atoms with Crippen molar-refractivity contribution in [2.24, 2.45) is 11.0 Å². The molecule has 1 aromatic rings. The maximum Gasteiger partial charge on any atom is 0.310 e. The maximum absolute atomic E-state index is 12.8. The fourth-order valence-electron chi connectivity index (χ4n) is 3.40. The highest BCUT2D eigenvalue weighted by molar-refractivity contribution is 5.96. The summed E-state index contributed by atoms with van der Waals surface area (Å²) in [7, 11) is 1.37. The zero-order chi connectivity index (χ0) is 16.4. The third-order valence-corrected chi connectivity index (χ3v) is 4.60. The lowest BCUT2D eigenvalue weighted by molar-refractivity contribution is -0.147. The van der Waals surface area contributed by atoms with E-state index >= 15 is 0 Å². The van der Waals surface area contributed by atoms with Gasteiger partial charge < -0.3 is 9.64 Å². The van der Waals surface area contributed by atoms with Crippen molar-refractivity contribution in [2.45, 2.75) is 31.7 Å². The number of fused-ring (bicyclic) bond motifs is 2. The Kier molecular flexibility index (Phi) is 4.16. The molecule has 1 aromatic heterocycles. The van der Waals surface area contributed by atoms with Crippen LogP contribution in [0.1, 0.15) is 35.2 Å². The van der Waals surface area contributed by atoms with E-state index in [2.05, 4.69) is 15.0 Å². The van der Waals surface area contributed by atoms with E-state index in [-0.39, 0.29) is 29.7 Å². The first-order valence-corrected chi connectivity index (χ1v) is 7.57. The van der Waals surface area contributed by atoms with Crippen LogP contribution in [0, 0.1) is 5.92 Å². The first-order chi connectivity index (χ1) is 11.1. The number of aryl methyl sites for hydroxylation is 1. The van der Waals surface area contributed by atoms with E-state index in [1.54, 1.807) is 11.0 Å². The second-order valence-corrected chi connectivity index (χ2v) is 5.84. The molecule has 3 heterocycles. The van der Waals surface area contributed by atoms with Crippen molar-refractivity contribution in [1.82, 2.24) is 9.88 Å². The third-order valence-electron chi connectivity index (χ3n) is 4.60. The number of azide groups is 1. The molecule has 0 aliphatic carbocycles. The second-order valence-electron chi connectivity index (χ2n) is 5.84. The predicted octanol–water partition coefficient (Wildman–Crippen LogP) is 2.36. The minimum Gasteiger partial charge on any atom is -0.469 e. The number of carbonyl (C=O) groups excluding carboxylic acids is 2. The summed E-state index contributed by atoms with van der Waals surface area (Å²) in [5, 5.41) is 3.49. The smallest absolute Gasteiger partial charge is 0.310 e. The molecule has 2 atom stereocenters. The molecule has 2 aliphatic rings. The van der Waals surface area contributed by atoms with Crippen LogP contribution in [0.3, 0.4) is 0 Å². The van der Waals surface area contributed by atoms with Crippen LogP contribution in [0.25, 0.3) is 10.4 Å². The Morgan fingerprint density at radius 2 is 2.30 bits per heavy atom. The van der Waals surface area contributed by atoms with E-state index in [0.717, 1.165) is 31.2 Å². The lowest BCUT2D eigenvalue weighted by Crippen LogP contribution is -2.48. The molecule has 0 saturated carbocycles. The van der Waals surface area contributed by atoms with Crippen LogP contribution in [0.15, 0.2) is 17.4 Å². The van der Waals surface area contributed by atoms with E-state index in [4.69, 9.17) is 10.3 Å². The first kappa shape index (κ1) is 15.3. The van der Waals surface area contributed by atoms with Crippen molar-refractivity contribution in [3.8, 4) is 0 Å². The Morgan fingerprint density at radius 3 is 3.04 bits per heavy atom. The molecule has 0 unspecified atom stereocenters. The van der Waals surface area contributed by atoms with Crippen LogP contribution >= 0.6 is 0 Å². The van der Waals surface area contributed by atoms with Crippen LogP contribution in [0.4, 0.5) is 5.82 Å². The molecule has 3 rings (SSSR count). The summed E-state index contributed by atoms with van der Waals surface area (Å²) in [6, 6.07) is 1.79. The molecular weight excluding hydrogens is 298 g/mol. The number of hydrogen-bond acceptors (Lipinski definition) is 5. The molecule has 1 saturated heterocycles. The van der Waals surface area contributed by atoms with Crippen LogP contribution < -0.4 is 0 Å². The quantitative estimate of drug-likeness (QED) is 0.361. The fraction of sp³-hybridized carbons (Fsp3) is 0.533. The first-order valence-electron chi connectivity index (χ1n) is 7.57. The summed E-state index contributed by atoms with van der Waals surface area (Å²) >= 11 is 0. The Balaban J connectivity index is 1.90. The van der Waals surface area contributed by atoms with Gasteiger partial charge >= 0.3 is 5.97 Å². The summed E-state index contributed by atoms with van der Waals surface area (Å²) in [5.41, 5.74) is 9.87. The third kappa shape index (κ3) is 2.85. The van der Waals surface area contributed by atoms with Gasteiger partial charge in [-0.15, -0.1) is 0 Å². The lowest BCUT2D eigenvalue weighted by atomic mass is 9.91. The monoisotopic (exact) mass is 315 g/mol. The Labute approximate surface area is 133 Å². The number of rotatable bonds is 2. The number of pyridine rings is 1. The number of carbonyl (C=O) groups is 2. The number of aromatic nitrogens is 1. The molecule has 0 radical (unpaired) electrons. The van der Waals surface area contributed by atoms with Gasteiger partial charge in [0.2, 0.25) is 0 Å². The van der Waals surface area contributed by atoms with E-state index in [1.165, 1.54) is 13.3 Å². The number of hydrogen-bond donors (Lipinski definition) is 0. The van der Waals surface area contributed by atoms with Crippen LogP contribution in [0.5, 0.6) is 0 Å². The van der Waals surface area contributed by atoms with Gasteiger partial charge in [-0.3, -0.25) is 14.6 Å². The number of methoxy groups -OCH3 is 1. The number of nitrogens with zero attached hydrogens (tertiary/aromatic N) is 5. The highest BCUT2D eigenvalue weighted by Crippen LogP contribution is 2.32. The van der Waals surface area contributed by atoms with Gasteiger partial charge in [0.15, 0.2) is 0 Å². The van der Waals surface area contributed by atoms with Gasteiger partial charge in [-0.2, -0.15) is 0 Å². The van der Waals surface area contributed by atoms with Crippen molar-refractivity contribution in [3.63, 3.8) is 0 Å². The molecular formula is C15H17N5O3. The molecule has 0 spiro atoms. The van der Waals surface area contributed by atoms with Crippen LogP contribution in [-0.4, -0.2) is 41.5 Å². The second kappa shape index (κ2) is 6.26. The normalized spacial score (nSPS) is 23.2. The molecule has 1 fully saturated rings. The van der Waals surface area contributed by atoms with Crippen molar-refractivity contribution < 1.29 is 14.3 Å². The topological polar surface area (TPSA) is 108 Å². The Hall–Kier alpha value is -2.60. The van der Waals surface area contributed by atoms with Gasteiger partial charge in [0.05, 0.1) is 18.6 Å². The summed E-state index contributed by atoms with van der Waals surface area (Å²) in [5.74, 6) is -0.378. The molecule has 8 heteroatoms. The summed E-state index contributed by atoms with van der Waals surface area (Å²) in [6.07, 6.45) is 4.54. The number of piperidine rings is 1. The minimum absolute atomic E-state index is 0.115. The van der Waals surface area contributed by atoms with Gasteiger partial charge in [0, 0.05) is 23.7 Å². The van der Waals surface area contributed by atoms with E-state index in [1.807, 2.05) is 0 Å². The van der Waals surface area contributed by atoms with E-state index in [9.17, 15) is 9.59 Å².